The largest absolute Gasteiger partial charge is 0.339 e. The van der Waals surface area contributed by atoms with Gasteiger partial charge in [0.25, 0.3) is 0 Å². The van der Waals surface area contributed by atoms with Gasteiger partial charge in [-0.3, -0.25) is 18.7 Å². The molecule has 0 N–H and O–H groups in total. The minimum absolute atomic E-state index is 0. The van der Waals surface area contributed by atoms with Crippen molar-refractivity contribution in [2.45, 2.75) is 34.4 Å². The second kappa shape index (κ2) is 14.8. The Kier molecular flexibility index (Phi) is 12.9. The van der Waals surface area contributed by atoms with E-state index in [1.165, 1.54) is 11.1 Å². The Bertz CT molecular complexity index is 1170. The number of aldehydes is 1. The second-order valence-corrected chi connectivity index (χ2v) is 13.6. The Hall–Kier alpha value is -2.37. The second-order valence-electron chi connectivity index (χ2n) is 7.01. The predicted molar refractivity (Wildman–Crippen MR) is 142 cm³/mol. The molecule has 0 aliphatic rings. The lowest BCUT2D eigenvalue weighted by Crippen LogP contribution is -1.99. The molecule has 0 unspecified atom stereocenters. The normalized spacial score (nSPS) is 10.1. The van der Waals surface area contributed by atoms with Crippen LogP contribution in [0.3, 0.4) is 0 Å². The molecule has 2 aromatic carbocycles. The lowest BCUT2D eigenvalue weighted by Gasteiger charge is -2.00. The van der Waals surface area contributed by atoms with Crippen LogP contribution in [-0.4, -0.2) is 25.8 Å². The van der Waals surface area contributed by atoms with Crippen LogP contribution in [-0.2, 0) is 17.7 Å². The van der Waals surface area contributed by atoms with Gasteiger partial charge in [0.15, 0.2) is 6.29 Å². The number of hydrogen-bond donors (Lipinski definition) is 0. The fraction of sp³-hybridized carbons (Fsp3) is 0.208. The van der Waals surface area contributed by atoms with Crippen molar-refractivity contribution in [3.05, 3.63) is 107 Å². The summed E-state index contributed by atoms with van der Waals surface area (Å²) in [5.74, 6) is 0. The van der Waals surface area contributed by atoms with E-state index < -0.39 is 5.20 Å². The number of halogens is 3. The summed E-state index contributed by atoms with van der Waals surface area (Å²) in [5.41, 5.74) is 4.96. The van der Waals surface area contributed by atoms with Gasteiger partial charge in [-0.2, -0.15) is 10.2 Å². The number of rotatable bonds is 5. The molecular weight excluding hydrogens is 514 g/mol. The van der Waals surface area contributed by atoms with Gasteiger partial charge < -0.3 is 0 Å². The molecule has 0 radical (unpaired) electrons. The first-order chi connectivity index (χ1) is 15.6. The van der Waals surface area contributed by atoms with Crippen molar-refractivity contribution >= 4 is 45.2 Å². The highest BCUT2D eigenvalue weighted by molar-refractivity contribution is 8.24. The van der Waals surface area contributed by atoms with Gasteiger partial charge in [0.1, 0.15) is 0 Å². The van der Waals surface area contributed by atoms with Gasteiger partial charge in [-0.15, -0.1) is 0 Å². The number of nitrogens with zero attached hydrogens (tertiary/aromatic N) is 4. The van der Waals surface area contributed by atoms with Crippen molar-refractivity contribution in [2.24, 2.45) is 0 Å². The average Bonchev–Trinajstić information content (AvgIpc) is 3.33. The van der Waals surface area contributed by atoms with Crippen LogP contribution >= 0.6 is 38.9 Å². The molecule has 0 saturated carbocycles. The van der Waals surface area contributed by atoms with Crippen LogP contribution in [0.2, 0.25) is 0 Å². The van der Waals surface area contributed by atoms with Crippen molar-refractivity contribution in [2.75, 3.05) is 0 Å². The first-order valence-corrected chi connectivity index (χ1v) is 14.3. The van der Waals surface area contributed by atoms with Gasteiger partial charge in [0.2, 0.25) is 0 Å². The van der Waals surface area contributed by atoms with Crippen molar-refractivity contribution in [1.82, 2.24) is 19.6 Å². The smallest absolute Gasteiger partial charge is 0.298 e. The number of carbonyl (C=O) groups excluding carboxylic acids is 1. The SMILES string of the molecule is C.Cc1ccn(Cc2ccccc2)n1.Cc1nn(Cc2ccccc2)cc1C=O.O=P(Cl)(Cl)Cl. The number of aromatic nitrogens is 4. The lowest BCUT2D eigenvalue weighted by molar-refractivity contribution is 0.112. The predicted octanol–water partition coefficient (Wildman–Crippen LogP) is 7.74. The third-order valence-corrected chi connectivity index (χ3v) is 4.26. The van der Waals surface area contributed by atoms with Crippen LogP contribution in [0.1, 0.15) is 40.3 Å². The monoisotopic (exact) mass is 540 g/mol. The summed E-state index contributed by atoms with van der Waals surface area (Å²) in [6.45, 7) is 5.40. The van der Waals surface area contributed by atoms with Crippen LogP contribution in [0.15, 0.2) is 79.1 Å². The van der Waals surface area contributed by atoms with E-state index in [4.69, 9.17) is 0 Å². The molecule has 34 heavy (non-hydrogen) atoms. The third-order valence-electron chi connectivity index (χ3n) is 4.26. The summed E-state index contributed by atoms with van der Waals surface area (Å²) < 4.78 is 13.2. The van der Waals surface area contributed by atoms with E-state index in [-0.39, 0.29) is 7.43 Å². The van der Waals surface area contributed by atoms with E-state index in [1.54, 1.807) is 10.9 Å². The maximum Gasteiger partial charge on any atom is 0.339 e. The molecule has 4 aromatic rings. The van der Waals surface area contributed by atoms with Crippen LogP contribution in [0.4, 0.5) is 0 Å². The number of carbonyl (C=O) groups is 1. The first kappa shape index (κ1) is 29.7. The fourth-order valence-corrected chi connectivity index (χ4v) is 2.82. The Morgan fingerprint density at radius 3 is 1.68 bits per heavy atom. The Balaban J connectivity index is 0.000000280. The summed E-state index contributed by atoms with van der Waals surface area (Å²) in [6, 6.07) is 22.4. The molecule has 6 nitrogen and oxygen atoms in total. The molecule has 0 amide bonds. The zero-order valence-corrected chi connectivity index (χ0v) is 21.3. The lowest BCUT2D eigenvalue weighted by atomic mass is 10.2. The molecular formula is C24H28Cl3N4O2P. The number of hydrogen-bond acceptors (Lipinski definition) is 4. The Morgan fingerprint density at radius 2 is 1.29 bits per heavy atom. The molecule has 0 aliphatic heterocycles. The fourth-order valence-electron chi connectivity index (χ4n) is 2.82. The van der Waals surface area contributed by atoms with Crippen molar-refractivity contribution in [1.29, 1.82) is 0 Å². The highest BCUT2D eigenvalue weighted by Gasteiger charge is 2.03. The minimum atomic E-state index is -3.22. The van der Waals surface area contributed by atoms with Crippen LogP contribution in [0.5, 0.6) is 0 Å². The van der Waals surface area contributed by atoms with Crippen LogP contribution in [0, 0.1) is 13.8 Å². The zero-order chi connectivity index (χ0) is 24.3. The average molecular weight is 542 g/mol. The first-order valence-electron chi connectivity index (χ1n) is 9.90. The van der Waals surface area contributed by atoms with E-state index in [2.05, 4.69) is 56.1 Å². The topological polar surface area (TPSA) is 69.8 Å². The molecule has 0 aliphatic carbocycles. The minimum Gasteiger partial charge on any atom is -0.298 e. The standard InChI is InChI=1S/C12H12N2O.C11H12N2.CH4.Cl3OP/c1-10-12(9-15)8-14(13-10)7-11-5-3-2-4-6-11;1-10-7-8-13(12-10)9-11-5-3-2-4-6-11;;1-5(2,3)4/h2-6,8-9H,7H2,1H3;2-8H,9H2,1H3;1H4;. The molecule has 2 heterocycles. The molecule has 0 saturated heterocycles. The van der Waals surface area contributed by atoms with Crippen LogP contribution < -0.4 is 0 Å². The maximum absolute atomic E-state index is 10.6. The molecule has 2 aromatic heterocycles. The van der Waals surface area contributed by atoms with Gasteiger partial charge in [0, 0.05) is 12.4 Å². The van der Waals surface area contributed by atoms with Gasteiger partial charge in [0.05, 0.1) is 30.0 Å². The Morgan fingerprint density at radius 1 is 0.824 bits per heavy atom. The molecule has 10 heteroatoms. The number of benzene rings is 2. The molecule has 0 atom stereocenters. The summed E-state index contributed by atoms with van der Waals surface area (Å²) in [6.07, 6.45) is 4.61. The van der Waals surface area contributed by atoms with Gasteiger partial charge in [-0.1, -0.05) is 68.1 Å². The summed E-state index contributed by atoms with van der Waals surface area (Å²) in [4.78, 5) is 10.6. The quantitative estimate of drug-likeness (QED) is 0.191. The highest BCUT2D eigenvalue weighted by atomic mass is 36.0. The summed E-state index contributed by atoms with van der Waals surface area (Å²) >= 11 is 13.8. The summed E-state index contributed by atoms with van der Waals surface area (Å²) in [7, 11) is 0. The van der Waals surface area contributed by atoms with Gasteiger partial charge in [-0.25, -0.2) is 0 Å². The van der Waals surface area contributed by atoms with Crippen LogP contribution in [0.25, 0.3) is 0 Å². The molecule has 0 fully saturated rings. The molecule has 182 valence electrons. The number of aryl methyl sites for hydroxylation is 2. The summed E-state index contributed by atoms with van der Waals surface area (Å²) in [5, 5.41) is 5.36. The van der Waals surface area contributed by atoms with E-state index in [0.717, 1.165) is 24.2 Å². The van der Waals surface area contributed by atoms with E-state index >= 15 is 0 Å². The van der Waals surface area contributed by atoms with Crippen molar-refractivity contribution < 1.29 is 9.36 Å². The van der Waals surface area contributed by atoms with E-state index in [1.807, 2.05) is 79.3 Å². The van der Waals surface area contributed by atoms with Crippen molar-refractivity contribution in [3.8, 4) is 0 Å². The van der Waals surface area contributed by atoms with E-state index in [0.29, 0.717) is 12.1 Å². The molecule has 0 bridgehead atoms. The molecule has 4 rings (SSSR count). The maximum atomic E-state index is 10.6. The third kappa shape index (κ3) is 12.2. The van der Waals surface area contributed by atoms with Crippen molar-refractivity contribution in [3.63, 3.8) is 0 Å². The van der Waals surface area contributed by atoms with Gasteiger partial charge in [-0.05, 0) is 64.8 Å². The van der Waals surface area contributed by atoms with Gasteiger partial charge >= 0.3 is 5.20 Å². The van der Waals surface area contributed by atoms with E-state index in [9.17, 15) is 9.36 Å². The Labute approximate surface area is 215 Å². The zero-order valence-electron chi connectivity index (χ0n) is 18.2. The highest BCUT2D eigenvalue weighted by Crippen LogP contribution is 2.61. The molecule has 0 spiro atoms.